The van der Waals surface area contributed by atoms with Crippen LogP contribution >= 0.6 is 0 Å². The molecule has 0 aromatic carbocycles. The molecule has 0 aliphatic heterocycles. The molecule has 0 bridgehead atoms. The van der Waals surface area contributed by atoms with E-state index in [9.17, 15) is 4.79 Å². The Bertz CT molecular complexity index is 169. The molecule has 0 rings (SSSR count). The highest BCUT2D eigenvalue weighted by Crippen LogP contribution is 1.95. The maximum Gasteiger partial charge on any atom is 0.320 e. The molecule has 82 valence electrons. The quantitative estimate of drug-likeness (QED) is 0.441. The third-order valence-electron chi connectivity index (χ3n) is 1.85. The molecule has 0 unspecified atom stereocenters. The third-order valence-corrected chi connectivity index (χ3v) is 1.85. The van der Waals surface area contributed by atoms with E-state index in [-0.39, 0.29) is 5.97 Å². The van der Waals surface area contributed by atoms with Gasteiger partial charge in [-0.05, 0) is 26.3 Å². The van der Waals surface area contributed by atoms with Crippen molar-refractivity contribution in [2.75, 3.05) is 26.2 Å². The van der Waals surface area contributed by atoms with Crippen LogP contribution < -0.4 is 0 Å². The van der Waals surface area contributed by atoms with Crippen molar-refractivity contribution in [3.8, 4) is 0 Å². The van der Waals surface area contributed by atoms with E-state index in [2.05, 4.69) is 18.4 Å². The van der Waals surface area contributed by atoms with Gasteiger partial charge in [0.25, 0.3) is 0 Å². The fraction of sp³-hybridized carbons (Fsp3) is 0.727. The number of esters is 1. The van der Waals surface area contributed by atoms with Gasteiger partial charge in [0.15, 0.2) is 0 Å². The van der Waals surface area contributed by atoms with Crippen LogP contribution in [-0.4, -0.2) is 37.1 Å². The SMILES string of the molecule is C=CCCN(CCC)CC(=O)OCC. The van der Waals surface area contributed by atoms with Gasteiger partial charge in [-0.15, -0.1) is 6.58 Å². The van der Waals surface area contributed by atoms with Gasteiger partial charge in [-0.1, -0.05) is 13.0 Å². The summed E-state index contributed by atoms with van der Waals surface area (Å²) >= 11 is 0. The summed E-state index contributed by atoms with van der Waals surface area (Å²) in [7, 11) is 0. The molecule has 0 N–H and O–H groups in total. The summed E-state index contributed by atoms with van der Waals surface area (Å²) < 4.78 is 4.89. The minimum Gasteiger partial charge on any atom is -0.465 e. The predicted molar refractivity (Wildman–Crippen MR) is 58.2 cm³/mol. The van der Waals surface area contributed by atoms with E-state index in [0.717, 1.165) is 25.9 Å². The number of rotatable bonds is 8. The molecule has 0 heterocycles. The van der Waals surface area contributed by atoms with Gasteiger partial charge in [-0.3, -0.25) is 9.69 Å². The number of hydrogen-bond acceptors (Lipinski definition) is 3. The molecule has 0 fully saturated rings. The van der Waals surface area contributed by atoms with Gasteiger partial charge in [0.2, 0.25) is 0 Å². The highest BCUT2D eigenvalue weighted by Gasteiger charge is 2.09. The van der Waals surface area contributed by atoms with Crippen LogP contribution in [0.1, 0.15) is 26.7 Å². The first kappa shape index (κ1) is 13.2. The van der Waals surface area contributed by atoms with Crippen LogP contribution in [0.4, 0.5) is 0 Å². The summed E-state index contributed by atoms with van der Waals surface area (Å²) in [5.41, 5.74) is 0. The van der Waals surface area contributed by atoms with Crippen molar-refractivity contribution in [3.05, 3.63) is 12.7 Å². The van der Waals surface area contributed by atoms with E-state index in [4.69, 9.17) is 4.74 Å². The molecule has 0 aliphatic rings. The zero-order valence-electron chi connectivity index (χ0n) is 9.29. The molecule has 0 spiro atoms. The topological polar surface area (TPSA) is 29.5 Å². The first-order valence-corrected chi connectivity index (χ1v) is 5.23. The fourth-order valence-electron chi connectivity index (χ4n) is 1.25. The Kier molecular flexibility index (Phi) is 8.24. The van der Waals surface area contributed by atoms with Gasteiger partial charge in [0.1, 0.15) is 0 Å². The molecule has 3 nitrogen and oxygen atoms in total. The minimum absolute atomic E-state index is 0.134. The zero-order chi connectivity index (χ0) is 10.8. The van der Waals surface area contributed by atoms with Crippen LogP contribution in [0.5, 0.6) is 0 Å². The molecular formula is C11H21NO2. The van der Waals surface area contributed by atoms with E-state index in [1.807, 2.05) is 13.0 Å². The van der Waals surface area contributed by atoms with E-state index in [1.54, 1.807) is 0 Å². The molecule has 0 aromatic heterocycles. The second-order valence-corrected chi connectivity index (χ2v) is 3.16. The van der Waals surface area contributed by atoms with Crippen LogP contribution in [0.3, 0.4) is 0 Å². The number of carbonyl (C=O) groups excluding carboxylic acids is 1. The lowest BCUT2D eigenvalue weighted by molar-refractivity contribution is -0.144. The first-order valence-electron chi connectivity index (χ1n) is 5.23. The summed E-state index contributed by atoms with van der Waals surface area (Å²) in [5.74, 6) is -0.134. The van der Waals surface area contributed by atoms with Crippen molar-refractivity contribution in [3.63, 3.8) is 0 Å². The van der Waals surface area contributed by atoms with Crippen molar-refractivity contribution in [2.24, 2.45) is 0 Å². The lowest BCUT2D eigenvalue weighted by Gasteiger charge is -2.19. The standard InChI is InChI=1S/C11H21NO2/c1-4-7-9-12(8-5-2)10-11(13)14-6-3/h4H,1,5-10H2,2-3H3. The molecule has 0 aromatic rings. The second-order valence-electron chi connectivity index (χ2n) is 3.16. The third kappa shape index (κ3) is 6.66. The average molecular weight is 199 g/mol. The highest BCUT2D eigenvalue weighted by atomic mass is 16.5. The van der Waals surface area contributed by atoms with Gasteiger partial charge in [-0.2, -0.15) is 0 Å². The summed E-state index contributed by atoms with van der Waals surface area (Å²) in [6.07, 6.45) is 3.84. The maximum absolute atomic E-state index is 11.2. The number of nitrogens with zero attached hydrogens (tertiary/aromatic N) is 1. The Morgan fingerprint density at radius 2 is 2.14 bits per heavy atom. The largest absolute Gasteiger partial charge is 0.465 e. The minimum atomic E-state index is -0.134. The first-order chi connectivity index (χ1) is 6.74. The average Bonchev–Trinajstić information content (AvgIpc) is 2.15. The van der Waals surface area contributed by atoms with Gasteiger partial charge in [-0.25, -0.2) is 0 Å². The molecule has 0 aliphatic carbocycles. The van der Waals surface area contributed by atoms with Crippen LogP contribution in [0.2, 0.25) is 0 Å². The second kappa shape index (κ2) is 8.75. The smallest absolute Gasteiger partial charge is 0.320 e. The Labute approximate surface area is 86.7 Å². The lowest BCUT2D eigenvalue weighted by atomic mass is 10.3. The number of hydrogen-bond donors (Lipinski definition) is 0. The fourth-order valence-corrected chi connectivity index (χ4v) is 1.25. The lowest BCUT2D eigenvalue weighted by Crippen LogP contribution is -2.32. The Hall–Kier alpha value is -0.830. The summed E-state index contributed by atoms with van der Waals surface area (Å²) in [4.78, 5) is 13.3. The Balaban J connectivity index is 3.81. The predicted octanol–water partition coefficient (Wildman–Crippen LogP) is 1.84. The Morgan fingerprint density at radius 3 is 2.64 bits per heavy atom. The molecule has 0 atom stereocenters. The number of carbonyl (C=O) groups is 1. The van der Waals surface area contributed by atoms with Gasteiger partial charge >= 0.3 is 5.97 Å². The van der Waals surface area contributed by atoms with Crippen LogP contribution in [0, 0.1) is 0 Å². The monoisotopic (exact) mass is 199 g/mol. The van der Waals surface area contributed by atoms with E-state index >= 15 is 0 Å². The van der Waals surface area contributed by atoms with Crippen molar-refractivity contribution in [1.82, 2.24) is 4.90 Å². The molecule has 0 saturated heterocycles. The molecule has 0 saturated carbocycles. The van der Waals surface area contributed by atoms with Crippen LogP contribution in [0.15, 0.2) is 12.7 Å². The van der Waals surface area contributed by atoms with E-state index in [1.165, 1.54) is 0 Å². The summed E-state index contributed by atoms with van der Waals surface area (Å²) in [5, 5.41) is 0. The maximum atomic E-state index is 11.2. The number of ether oxygens (including phenoxy) is 1. The van der Waals surface area contributed by atoms with E-state index < -0.39 is 0 Å². The normalized spacial score (nSPS) is 10.2. The van der Waals surface area contributed by atoms with Crippen LogP contribution in [-0.2, 0) is 9.53 Å². The van der Waals surface area contributed by atoms with Crippen molar-refractivity contribution < 1.29 is 9.53 Å². The molecule has 0 radical (unpaired) electrons. The van der Waals surface area contributed by atoms with Crippen molar-refractivity contribution in [2.45, 2.75) is 26.7 Å². The summed E-state index contributed by atoms with van der Waals surface area (Å²) in [6.45, 7) is 10.3. The molecule has 3 heteroatoms. The zero-order valence-corrected chi connectivity index (χ0v) is 9.29. The highest BCUT2D eigenvalue weighted by molar-refractivity contribution is 5.71. The van der Waals surface area contributed by atoms with Crippen molar-refractivity contribution in [1.29, 1.82) is 0 Å². The molecule has 0 amide bonds. The summed E-state index contributed by atoms with van der Waals surface area (Å²) in [6, 6.07) is 0. The van der Waals surface area contributed by atoms with Gasteiger partial charge in [0.05, 0.1) is 13.2 Å². The molecular weight excluding hydrogens is 178 g/mol. The van der Waals surface area contributed by atoms with Gasteiger partial charge < -0.3 is 4.74 Å². The Morgan fingerprint density at radius 1 is 1.43 bits per heavy atom. The van der Waals surface area contributed by atoms with Gasteiger partial charge in [0, 0.05) is 6.54 Å². The van der Waals surface area contributed by atoms with Crippen molar-refractivity contribution >= 4 is 5.97 Å². The van der Waals surface area contributed by atoms with Crippen LogP contribution in [0.25, 0.3) is 0 Å². The molecule has 14 heavy (non-hydrogen) atoms. The van der Waals surface area contributed by atoms with E-state index in [0.29, 0.717) is 13.2 Å².